The zero-order valence-electron chi connectivity index (χ0n) is 11.3. The topological polar surface area (TPSA) is 44.0 Å². The van der Waals surface area contributed by atoms with E-state index in [1.54, 1.807) is 12.1 Å². The molecule has 0 amide bonds. The van der Waals surface area contributed by atoms with Crippen LogP contribution in [0.3, 0.4) is 0 Å². The van der Waals surface area contributed by atoms with E-state index in [1.807, 2.05) is 60.7 Å². The fourth-order valence-corrected chi connectivity index (χ4v) is 2.49. The van der Waals surface area contributed by atoms with Crippen LogP contribution in [0.25, 0.3) is 22.3 Å². The van der Waals surface area contributed by atoms with E-state index in [0.29, 0.717) is 11.1 Å². The van der Waals surface area contributed by atoms with Crippen molar-refractivity contribution >= 4 is 0 Å². The van der Waals surface area contributed by atoms with Gasteiger partial charge in [-0.25, -0.2) is 0 Å². The SMILES string of the molecule is N#Cc1ccc(O)c(-c2ccccc2)c1-c1ccccc1. The van der Waals surface area contributed by atoms with Crippen LogP contribution in [0.5, 0.6) is 5.75 Å². The van der Waals surface area contributed by atoms with Crippen LogP contribution < -0.4 is 0 Å². The van der Waals surface area contributed by atoms with Crippen LogP contribution in [0.2, 0.25) is 0 Å². The lowest BCUT2D eigenvalue weighted by molar-refractivity contribution is 0.477. The Morgan fingerprint density at radius 3 is 1.71 bits per heavy atom. The van der Waals surface area contributed by atoms with Gasteiger partial charge in [-0.2, -0.15) is 5.26 Å². The van der Waals surface area contributed by atoms with E-state index < -0.39 is 0 Å². The van der Waals surface area contributed by atoms with E-state index in [1.165, 1.54) is 0 Å². The Morgan fingerprint density at radius 1 is 0.667 bits per heavy atom. The van der Waals surface area contributed by atoms with Gasteiger partial charge in [0.2, 0.25) is 0 Å². The monoisotopic (exact) mass is 271 g/mol. The smallest absolute Gasteiger partial charge is 0.124 e. The van der Waals surface area contributed by atoms with Gasteiger partial charge in [-0.3, -0.25) is 0 Å². The van der Waals surface area contributed by atoms with Crippen molar-refractivity contribution in [3.63, 3.8) is 0 Å². The molecule has 100 valence electrons. The van der Waals surface area contributed by atoms with Crippen molar-refractivity contribution < 1.29 is 5.11 Å². The molecule has 0 spiro atoms. The minimum Gasteiger partial charge on any atom is -0.507 e. The second kappa shape index (κ2) is 5.52. The molecule has 3 aromatic rings. The van der Waals surface area contributed by atoms with Gasteiger partial charge in [-0.1, -0.05) is 60.7 Å². The lowest BCUT2D eigenvalue weighted by Gasteiger charge is -2.14. The summed E-state index contributed by atoms with van der Waals surface area (Å²) in [6, 6.07) is 24.8. The zero-order valence-corrected chi connectivity index (χ0v) is 11.3. The first-order chi connectivity index (χ1) is 10.3. The number of nitriles is 1. The number of phenolic OH excluding ortho intramolecular Hbond substituents is 1. The third kappa shape index (κ3) is 2.37. The highest BCUT2D eigenvalue weighted by molar-refractivity contribution is 5.90. The van der Waals surface area contributed by atoms with Crippen molar-refractivity contribution in [3.05, 3.63) is 78.4 Å². The summed E-state index contributed by atoms with van der Waals surface area (Å²) in [6.07, 6.45) is 0. The maximum atomic E-state index is 10.3. The third-order valence-electron chi connectivity index (χ3n) is 3.43. The largest absolute Gasteiger partial charge is 0.507 e. The zero-order chi connectivity index (χ0) is 14.7. The van der Waals surface area contributed by atoms with Crippen LogP contribution in [0, 0.1) is 11.3 Å². The summed E-state index contributed by atoms with van der Waals surface area (Å²) in [4.78, 5) is 0. The molecule has 21 heavy (non-hydrogen) atoms. The first-order valence-corrected chi connectivity index (χ1v) is 6.68. The summed E-state index contributed by atoms with van der Waals surface area (Å²) >= 11 is 0. The van der Waals surface area contributed by atoms with Gasteiger partial charge in [0.15, 0.2) is 0 Å². The maximum Gasteiger partial charge on any atom is 0.124 e. The molecule has 2 nitrogen and oxygen atoms in total. The van der Waals surface area contributed by atoms with Crippen molar-refractivity contribution in [1.29, 1.82) is 5.26 Å². The molecule has 0 atom stereocenters. The fourth-order valence-electron chi connectivity index (χ4n) is 2.49. The summed E-state index contributed by atoms with van der Waals surface area (Å²) in [5.74, 6) is 0.180. The predicted octanol–water partition coefficient (Wildman–Crippen LogP) is 4.60. The lowest BCUT2D eigenvalue weighted by atomic mass is 9.90. The number of aromatic hydroxyl groups is 1. The van der Waals surface area contributed by atoms with Crippen molar-refractivity contribution in [2.24, 2.45) is 0 Å². The highest BCUT2D eigenvalue weighted by atomic mass is 16.3. The summed E-state index contributed by atoms with van der Waals surface area (Å²) < 4.78 is 0. The normalized spacial score (nSPS) is 10.0. The van der Waals surface area contributed by atoms with Gasteiger partial charge in [-0.15, -0.1) is 0 Å². The fraction of sp³-hybridized carbons (Fsp3) is 0. The van der Waals surface area contributed by atoms with Crippen LogP contribution in [-0.4, -0.2) is 5.11 Å². The van der Waals surface area contributed by atoms with Gasteiger partial charge >= 0.3 is 0 Å². The predicted molar refractivity (Wildman–Crippen MR) is 83.7 cm³/mol. The Labute approximate surface area is 123 Å². The van der Waals surface area contributed by atoms with E-state index in [-0.39, 0.29) is 5.75 Å². The summed E-state index contributed by atoms with van der Waals surface area (Å²) in [5.41, 5.74) is 3.83. The number of benzene rings is 3. The molecule has 0 bridgehead atoms. The Kier molecular flexibility index (Phi) is 3.41. The Hall–Kier alpha value is -3.05. The molecular formula is C19H13NO. The first kappa shape index (κ1) is 13.0. The molecule has 0 saturated carbocycles. The molecule has 0 aliphatic heterocycles. The van der Waals surface area contributed by atoms with Crippen molar-refractivity contribution in [2.75, 3.05) is 0 Å². The molecule has 0 fully saturated rings. The minimum atomic E-state index is 0.180. The minimum absolute atomic E-state index is 0.180. The summed E-state index contributed by atoms with van der Waals surface area (Å²) in [7, 11) is 0. The number of hydrogen-bond donors (Lipinski definition) is 1. The molecule has 0 radical (unpaired) electrons. The highest BCUT2D eigenvalue weighted by Gasteiger charge is 2.16. The molecule has 0 unspecified atom stereocenters. The van der Waals surface area contributed by atoms with E-state index in [4.69, 9.17) is 0 Å². The lowest BCUT2D eigenvalue weighted by Crippen LogP contribution is -1.90. The van der Waals surface area contributed by atoms with Crippen LogP contribution in [0.1, 0.15) is 5.56 Å². The number of nitrogens with zero attached hydrogens (tertiary/aromatic N) is 1. The average Bonchev–Trinajstić information content (AvgIpc) is 2.56. The second-order valence-corrected chi connectivity index (χ2v) is 4.73. The van der Waals surface area contributed by atoms with Gasteiger partial charge in [-0.05, 0) is 23.3 Å². The van der Waals surface area contributed by atoms with Crippen LogP contribution >= 0.6 is 0 Å². The molecule has 0 aliphatic rings. The van der Waals surface area contributed by atoms with Gasteiger partial charge in [0, 0.05) is 11.1 Å². The first-order valence-electron chi connectivity index (χ1n) is 6.68. The number of hydrogen-bond acceptors (Lipinski definition) is 2. The van der Waals surface area contributed by atoms with E-state index in [0.717, 1.165) is 16.7 Å². The van der Waals surface area contributed by atoms with E-state index >= 15 is 0 Å². The molecule has 2 heteroatoms. The summed E-state index contributed by atoms with van der Waals surface area (Å²) in [5, 5.41) is 19.7. The van der Waals surface area contributed by atoms with Gasteiger partial charge < -0.3 is 5.11 Å². The number of rotatable bonds is 2. The van der Waals surface area contributed by atoms with Crippen molar-refractivity contribution in [3.8, 4) is 34.1 Å². The third-order valence-corrected chi connectivity index (χ3v) is 3.43. The molecule has 0 heterocycles. The molecule has 0 aliphatic carbocycles. The maximum absolute atomic E-state index is 10.3. The molecule has 1 N–H and O–H groups in total. The number of phenols is 1. The summed E-state index contributed by atoms with van der Waals surface area (Å²) in [6.45, 7) is 0. The van der Waals surface area contributed by atoms with Crippen LogP contribution in [0.4, 0.5) is 0 Å². The van der Waals surface area contributed by atoms with Gasteiger partial charge in [0.05, 0.1) is 11.6 Å². The molecule has 3 rings (SSSR count). The Bertz CT molecular complexity index is 802. The van der Waals surface area contributed by atoms with Gasteiger partial charge in [0.25, 0.3) is 0 Å². The van der Waals surface area contributed by atoms with Gasteiger partial charge in [0.1, 0.15) is 5.75 Å². The molecular weight excluding hydrogens is 258 g/mol. The molecule has 0 aromatic heterocycles. The van der Waals surface area contributed by atoms with E-state index in [9.17, 15) is 10.4 Å². The standard InChI is InChI=1S/C19H13NO/c20-13-16-11-12-17(21)19(15-9-5-2-6-10-15)18(16)14-7-3-1-4-8-14/h1-12,21H. The highest BCUT2D eigenvalue weighted by Crippen LogP contribution is 2.40. The van der Waals surface area contributed by atoms with Crippen LogP contribution in [0.15, 0.2) is 72.8 Å². The Balaban J connectivity index is 2.37. The Morgan fingerprint density at radius 2 is 1.19 bits per heavy atom. The molecule has 0 saturated heterocycles. The quantitative estimate of drug-likeness (QED) is 0.740. The van der Waals surface area contributed by atoms with E-state index in [2.05, 4.69) is 6.07 Å². The van der Waals surface area contributed by atoms with Crippen molar-refractivity contribution in [2.45, 2.75) is 0 Å². The van der Waals surface area contributed by atoms with Crippen molar-refractivity contribution in [1.82, 2.24) is 0 Å². The molecule has 3 aromatic carbocycles. The second-order valence-electron chi connectivity index (χ2n) is 4.73. The van der Waals surface area contributed by atoms with Crippen LogP contribution in [-0.2, 0) is 0 Å². The average molecular weight is 271 g/mol.